The number of rotatable bonds is 9. The molecular weight excluding hydrogens is 479 g/mol. The average Bonchev–Trinajstić information content (AvgIpc) is 3.27. The third-order valence-electron chi connectivity index (χ3n) is 6.00. The van der Waals surface area contributed by atoms with E-state index in [1.807, 2.05) is 0 Å². The van der Waals surface area contributed by atoms with Crippen molar-refractivity contribution in [3.8, 4) is 11.1 Å². The normalized spacial score (nSPS) is 13.1. The molecule has 0 aliphatic rings. The first-order valence-electron chi connectivity index (χ1n) is 11.0. The topological polar surface area (TPSA) is 123 Å². The van der Waals surface area contributed by atoms with Crippen molar-refractivity contribution in [3.05, 3.63) is 76.1 Å². The first kappa shape index (κ1) is 25.0. The standard InChI is InChI=1S/C24H22F3N5O4/c1-31-12-15(11-28-31)14-3-2-13(18(25)8-14)4-5-22(33)16(24(35)36)6-7-32-23(34)17-9-19(26)20(27)10-21(17)29-30-32/h2-3,8-12,16,22,33H,4-7H2,1H3,(H,35,36)/t16-,22+/m0/s1. The second-order valence-corrected chi connectivity index (χ2v) is 8.45. The SMILES string of the molecule is Cn1cc(-c2ccc(CC[C@@H](O)[C@H](CCn3nnc4cc(F)c(F)cc4c3=O)C(=O)O)c(F)c2)cn1. The number of aromatic nitrogens is 5. The number of aliphatic hydroxyl groups is 1. The Bertz CT molecular complexity index is 1490. The second kappa shape index (κ2) is 10.3. The Balaban J connectivity index is 1.42. The van der Waals surface area contributed by atoms with E-state index in [4.69, 9.17) is 0 Å². The fourth-order valence-electron chi connectivity index (χ4n) is 3.96. The third kappa shape index (κ3) is 5.28. The number of aliphatic carboxylic acids is 1. The Morgan fingerprint density at radius 2 is 1.81 bits per heavy atom. The maximum Gasteiger partial charge on any atom is 0.309 e. The Morgan fingerprint density at radius 1 is 1.06 bits per heavy atom. The van der Waals surface area contributed by atoms with Crippen LogP contribution in [0.5, 0.6) is 0 Å². The molecule has 0 aliphatic heterocycles. The molecule has 4 aromatic rings. The predicted octanol–water partition coefficient (Wildman–Crippen LogP) is 2.69. The van der Waals surface area contributed by atoms with Gasteiger partial charge in [0, 0.05) is 31.4 Å². The van der Waals surface area contributed by atoms with Crippen LogP contribution in [0.15, 0.2) is 47.5 Å². The van der Waals surface area contributed by atoms with Crippen LogP contribution in [0.2, 0.25) is 0 Å². The fraction of sp³-hybridized carbons (Fsp3) is 0.292. The molecule has 2 N–H and O–H groups in total. The molecular formula is C24H22F3N5O4. The van der Waals surface area contributed by atoms with Gasteiger partial charge in [0.2, 0.25) is 0 Å². The summed E-state index contributed by atoms with van der Waals surface area (Å²) in [6.07, 6.45) is 1.87. The van der Waals surface area contributed by atoms with Crippen LogP contribution in [0.3, 0.4) is 0 Å². The highest BCUT2D eigenvalue weighted by molar-refractivity contribution is 5.76. The van der Waals surface area contributed by atoms with Crippen molar-refractivity contribution in [1.82, 2.24) is 24.8 Å². The molecule has 0 saturated carbocycles. The van der Waals surface area contributed by atoms with Crippen LogP contribution in [0, 0.1) is 23.4 Å². The number of carboxylic acid groups (broad SMARTS) is 1. The molecule has 0 fully saturated rings. The zero-order chi connectivity index (χ0) is 26.0. The van der Waals surface area contributed by atoms with Crippen molar-refractivity contribution < 1.29 is 28.2 Å². The monoisotopic (exact) mass is 501 g/mol. The minimum Gasteiger partial charge on any atom is -0.481 e. The van der Waals surface area contributed by atoms with Crippen LogP contribution in [0.25, 0.3) is 22.0 Å². The average molecular weight is 501 g/mol. The summed E-state index contributed by atoms with van der Waals surface area (Å²) in [4.78, 5) is 24.3. The van der Waals surface area contributed by atoms with Gasteiger partial charge in [0.15, 0.2) is 11.6 Å². The third-order valence-corrected chi connectivity index (χ3v) is 6.00. The van der Waals surface area contributed by atoms with Crippen molar-refractivity contribution in [2.45, 2.75) is 31.9 Å². The number of aryl methyl sites for hydroxylation is 3. The quantitative estimate of drug-likeness (QED) is 0.362. The molecule has 2 heterocycles. The number of hydrogen-bond acceptors (Lipinski definition) is 6. The lowest BCUT2D eigenvalue weighted by molar-refractivity contribution is -0.146. The van der Waals surface area contributed by atoms with E-state index in [-0.39, 0.29) is 36.7 Å². The summed E-state index contributed by atoms with van der Waals surface area (Å²) in [6, 6.07) is 6.10. The molecule has 0 spiro atoms. The lowest BCUT2D eigenvalue weighted by Crippen LogP contribution is -2.32. The largest absolute Gasteiger partial charge is 0.481 e. The van der Waals surface area contributed by atoms with Crippen molar-refractivity contribution in [2.24, 2.45) is 13.0 Å². The first-order valence-corrected chi connectivity index (χ1v) is 11.0. The van der Waals surface area contributed by atoms with E-state index in [9.17, 15) is 33.0 Å². The van der Waals surface area contributed by atoms with E-state index in [1.165, 1.54) is 6.07 Å². The summed E-state index contributed by atoms with van der Waals surface area (Å²) < 4.78 is 43.9. The second-order valence-electron chi connectivity index (χ2n) is 8.45. The van der Waals surface area contributed by atoms with Crippen LogP contribution < -0.4 is 5.56 Å². The Labute approximate surface area is 202 Å². The van der Waals surface area contributed by atoms with E-state index in [0.29, 0.717) is 17.2 Å². The number of aliphatic hydroxyl groups excluding tert-OH is 1. The zero-order valence-corrected chi connectivity index (χ0v) is 19.1. The van der Waals surface area contributed by atoms with Crippen LogP contribution in [-0.2, 0) is 24.8 Å². The lowest BCUT2D eigenvalue weighted by atomic mass is 9.93. The minimum atomic E-state index is -1.34. The van der Waals surface area contributed by atoms with Gasteiger partial charge >= 0.3 is 5.97 Å². The molecule has 4 rings (SSSR count). The minimum absolute atomic E-state index is 0.0388. The van der Waals surface area contributed by atoms with Gasteiger partial charge in [0.1, 0.15) is 11.3 Å². The number of carboxylic acids is 1. The van der Waals surface area contributed by atoms with Gasteiger partial charge in [-0.2, -0.15) is 5.10 Å². The maximum absolute atomic E-state index is 14.6. The summed E-state index contributed by atoms with van der Waals surface area (Å²) in [6.45, 7) is -0.233. The maximum atomic E-state index is 14.6. The molecule has 188 valence electrons. The number of halogens is 3. The van der Waals surface area contributed by atoms with Gasteiger partial charge in [-0.15, -0.1) is 5.10 Å². The molecule has 0 amide bonds. The van der Waals surface area contributed by atoms with Gasteiger partial charge in [0.05, 0.1) is 23.6 Å². The van der Waals surface area contributed by atoms with E-state index < -0.39 is 41.0 Å². The van der Waals surface area contributed by atoms with E-state index in [2.05, 4.69) is 15.4 Å². The van der Waals surface area contributed by atoms with Crippen LogP contribution in [-0.4, -0.2) is 47.1 Å². The van der Waals surface area contributed by atoms with Crippen LogP contribution in [0.4, 0.5) is 13.2 Å². The molecule has 0 saturated heterocycles. The zero-order valence-electron chi connectivity index (χ0n) is 19.1. The van der Waals surface area contributed by atoms with E-state index >= 15 is 0 Å². The molecule has 2 aromatic heterocycles. The highest BCUT2D eigenvalue weighted by atomic mass is 19.2. The van der Waals surface area contributed by atoms with Gasteiger partial charge in [-0.1, -0.05) is 17.3 Å². The Kier molecular flexibility index (Phi) is 7.15. The van der Waals surface area contributed by atoms with Gasteiger partial charge in [-0.05, 0) is 42.5 Å². The van der Waals surface area contributed by atoms with Crippen molar-refractivity contribution in [2.75, 3.05) is 0 Å². The molecule has 2 atom stereocenters. The smallest absolute Gasteiger partial charge is 0.309 e. The number of nitrogens with zero attached hydrogens (tertiary/aromatic N) is 5. The molecule has 2 aromatic carbocycles. The van der Waals surface area contributed by atoms with E-state index in [0.717, 1.165) is 16.3 Å². The molecule has 9 nitrogen and oxygen atoms in total. The lowest BCUT2D eigenvalue weighted by Gasteiger charge is -2.19. The van der Waals surface area contributed by atoms with Gasteiger partial charge in [0.25, 0.3) is 5.56 Å². The Hall–Kier alpha value is -4.06. The van der Waals surface area contributed by atoms with Gasteiger partial charge in [-0.3, -0.25) is 14.3 Å². The van der Waals surface area contributed by atoms with Crippen LogP contribution in [0.1, 0.15) is 18.4 Å². The van der Waals surface area contributed by atoms with Crippen molar-refractivity contribution in [1.29, 1.82) is 0 Å². The molecule has 0 bridgehead atoms. The van der Waals surface area contributed by atoms with Gasteiger partial charge < -0.3 is 10.2 Å². The van der Waals surface area contributed by atoms with Crippen molar-refractivity contribution >= 4 is 16.9 Å². The summed E-state index contributed by atoms with van der Waals surface area (Å²) in [5.41, 5.74) is 0.790. The predicted molar refractivity (Wildman–Crippen MR) is 122 cm³/mol. The number of benzene rings is 2. The first-order chi connectivity index (χ1) is 17.1. The molecule has 0 radical (unpaired) electrons. The molecule has 36 heavy (non-hydrogen) atoms. The molecule has 0 unspecified atom stereocenters. The van der Waals surface area contributed by atoms with E-state index in [1.54, 1.807) is 36.3 Å². The fourth-order valence-corrected chi connectivity index (χ4v) is 3.96. The molecule has 12 heteroatoms. The van der Waals surface area contributed by atoms with Crippen molar-refractivity contribution in [3.63, 3.8) is 0 Å². The summed E-state index contributed by atoms with van der Waals surface area (Å²) in [5.74, 6) is -5.47. The highest BCUT2D eigenvalue weighted by Gasteiger charge is 2.27. The van der Waals surface area contributed by atoms with Crippen LogP contribution >= 0.6 is 0 Å². The number of fused-ring (bicyclic) bond motifs is 1. The summed E-state index contributed by atoms with van der Waals surface area (Å²) in [5, 5.41) is 31.3. The summed E-state index contributed by atoms with van der Waals surface area (Å²) in [7, 11) is 1.75. The highest BCUT2D eigenvalue weighted by Crippen LogP contribution is 2.23. The molecule has 0 aliphatic carbocycles. The van der Waals surface area contributed by atoms with Gasteiger partial charge in [-0.25, -0.2) is 17.9 Å². The summed E-state index contributed by atoms with van der Waals surface area (Å²) >= 11 is 0. The Morgan fingerprint density at radius 3 is 2.47 bits per heavy atom. The number of carbonyl (C=O) groups is 1. The number of hydrogen-bond donors (Lipinski definition) is 2.